The van der Waals surface area contributed by atoms with Crippen LogP contribution >= 0.6 is 0 Å². The maximum Gasteiger partial charge on any atom is 0.332 e. The summed E-state index contributed by atoms with van der Waals surface area (Å²) < 4.78 is 2.80. The van der Waals surface area contributed by atoms with Gasteiger partial charge in [0.05, 0.1) is 6.42 Å². The lowest BCUT2D eigenvalue weighted by Crippen LogP contribution is -2.40. The van der Waals surface area contributed by atoms with Crippen LogP contribution in [-0.2, 0) is 25.9 Å². The molecule has 4 rings (SSSR count). The first kappa shape index (κ1) is 18.7. The number of fused-ring (bicyclic) bond motifs is 1. The van der Waals surface area contributed by atoms with Crippen molar-refractivity contribution >= 4 is 16.9 Å². The molecule has 0 saturated carbocycles. The Labute approximate surface area is 165 Å². The van der Waals surface area contributed by atoms with Gasteiger partial charge in [-0.3, -0.25) is 19.0 Å². The molecule has 29 heavy (non-hydrogen) atoms. The summed E-state index contributed by atoms with van der Waals surface area (Å²) in [5, 5.41) is 6.59. The van der Waals surface area contributed by atoms with Gasteiger partial charge in [-0.25, -0.2) is 14.8 Å². The molecule has 3 heterocycles. The Balaban J connectivity index is 1.79. The van der Waals surface area contributed by atoms with Crippen LogP contribution in [0.2, 0.25) is 0 Å². The first-order valence-electron chi connectivity index (χ1n) is 9.48. The van der Waals surface area contributed by atoms with Gasteiger partial charge in [0.2, 0.25) is 0 Å². The molecular weight excluding hydrogens is 372 g/mol. The average molecular weight is 394 g/mol. The molecule has 4 N–H and O–H groups in total. The van der Waals surface area contributed by atoms with E-state index in [2.05, 4.69) is 25.1 Å². The molecule has 0 aliphatic heterocycles. The Hall–Kier alpha value is -3.69. The molecule has 0 atom stereocenters. The summed E-state index contributed by atoms with van der Waals surface area (Å²) in [7, 11) is 0. The molecule has 0 bridgehead atoms. The number of nitrogens with zero attached hydrogens (tertiary/aromatic N) is 5. The zero-order valence-electron chi connectivity index (χ0n) is 16.1. The summed E-state index contributed by atoms with van der Waals surface area (Å²) in [6.45, 7) is 2.63. The van der Waals surface area contributed by atoms with E-state index in [0.29, 0.717) is 60.9 Å². The maximum absolute atomic E-state index is 13.0. The number of H-pyrrole nitrogens is 2. The van der Waals surface area contributed by atoms with Crippen molar-refractivity contribution in [2.45, 2.75) is 39.3 Å². The van der Waals surface area contributed by atoms with Crippen LogP contribution in [0, 0.1) is 0 Å². The van der Waals surface area contributed by atoms with Crippen LogP contribution in [0.4, 0.5) is 5.69 Å². The number of aryl methyl sites for hydroxylation is 2. The van der Waals surface area contributed by atoms with Crippen molar-refractivity contribution in [3.8, 4) is 0 Å². The SMILES string of the molecule is CCCn1c(=O)c2[nH]c(Cc3ncn[nH]3)nc2n(CCc2ccccc2N)c1=O. The number of imidazole rings is 1. The Morgan fingerprint density at radius 3 is 2.66 bits per heavy atom. The van der Waals surface area contributed by atoms with E-state index >= 15 is 0 Å². The van der Waals surface area contributed by atoms with Gasteiger partial charge in [-0.05, 0) is 24.5 Å². The van der Waals surface area contributed by atoms with Crippen molar-refractivity contribution in [1.29, 1.82) is 0 Å². The fourth-order valence-corrected chi connectivity index (χ4v) is 3.39. The van der Waals surface area contributed by atoms with Gasteiger partial charge < -0.3 is 10.7 Å². The molecule has 0 aliphatic rings. The lowest BCUT2D eigenvalue weighted by atomic mass is 10.1. The van der Waals surface area contributed by atoms with Gasteiger partial charge in [0.1, 0.15) is 23.5 Å². The summed E-state index contributed by atoms with van der Waals surface area (Å²) >= 11 is 0. The zero-order chi connectivity index (χ0) is 20.4. The number of aromatic nitrogens is 7. The van der Waals surface area contributed by atoms with Crippen LogP contribution < -0.4 is 17.0 Å². The monoisotopic (exact) mass is 394 g/mol. The van der Waals surface area contributed by atoms with Gasteiger partial charge in [-0.1, -0.05) is 25.1 Å². The Morgan fingerprint density at radius 2 is 1.93 bits per heavy atom. The number of hydrogen-bond acceptors (Lipinski definition) is 6. The number of benzene rings is 1. The zero-order valence-corrected chi connectivity index (χ0v) is 16.1. The van der Waals surface area contributed by atoms with E-state index in [9.17, 15) is 9.59 Å². The number of nitrogens with one attached hydrogen (secondary N) is 2. The van der Waals surface area contributed by atoms with Gasteiger partial charge >= 0.3 is 5.69 Å². The van der Waals surface area contributed by atoms with Crippen LogP contribution in [0.15, 0.2) is 40.2 Å². The van der Waals surface area contributed by atoms with Gasteiger partial charge in [-0.2, -0.15) is 5.10 Å². The van der Waals surface area contributed by atoms with E-state index in [-0.39, 0.29) is 11.2 Å². The van der Waals surface area contributed by atoms with Crippen LogP contribution in [-0.4, -0.2) is 34.3 Å². The first-order valence-corrected chi connectivity index (χ1v) is 9.48. The molecule has 1 aromatic carbocycles. The summed E-state index contributed by atoms with van der Waals surface area (Å²) in [6, 6.07) is 7.54. The van der Waals surface area contributed by atoms with E-state index in [0.717, 1.165) is 5.56 Å². The molecule has 0 unspecified atom stereocenters. The number of rotatable bonds is 7. The number of nitrogen functional groups attached to an aromatic ring is 1. The summed E-state index contributed by atoms with van der Waals surface area (Å²) in [4.78, 5) is 37.6. The third-order valence-electron chi connectivity index (χ3n) is 4.82. The number of nitrogens with two attached hydrogens (primary N) is 1. The third-order valence-corrected chi connectivity index (χ3v) is 4.82. The molecule has 10 nitrogen and oxygen atoms in total. The highest BCUT2D eigenvalue weighted by Crippen LogP contribution is 2.14. The first-order chi connectivity index (χ1) is 14.1. The fraction of sp³-hybridized carbons (Fsp3) is 0.316. The van der Waals surface area contributed by atoms with Crippen LogP contribution in [0.1, 0.15) is 30.6 Å². The molecule has 10 heteroatoms. The van der Waals surface area contributed by atoms with E-state index in [4.69, 9.17) is 5.73 Å². The highest BCUT2D eigenvalue weighted by Gasteiger charge is 2.18. The smallest absolute Gasteiger partial charge is 0.332 e. The minimum atomic E-state index is -0.364. The predicted molar refractivity (Wildman–Crippen MR) is 109 cm³/mol. The largest absolute Gasteiger partial charge is 0.399 e. The molecule has 0 radical (unpaired) electrons. The van der Waals surface area contributed by atoms with Gasteiger partial charge in [-0.15, -0.1) is 0 Å². The van der Waals surface area contributed by atoms with E-state index in [1.165, 1.54) is 10.9 Å². The lowest BCUT2D eigenvalue weighted by Gasteiger charge is -2.11. The van der Waals surface area contributed by atoms with Crippen LogP contribution in [0.25, 0.3) is 11.2 Å². The van der Waals surface area contributed by atoms with Crippen LogP contribution in [0.5, 0.6) is 0 Å². The molecular formula is C19H22N8O2. The quantitative estimate of drug-likeness (QED) is 0.397. The Morgan fingerprint density at radius 1 is 1.10 bits per heavy atom. The van der Waals surface area contributed by atoms with Crippen molar-refractivity contribution in [1.82, 2.24) is 34.3 Å². The molecule has 150 valence electrons. The van der Waals surface area contributed by atoms with E-state index < -0.39 is 0 Å². The molecule has 3 aromatic heterocycles. The maximum atomic E-state index is 13.0. The standard InChI is InChI=1S/C19H22N8O2/c1-2-8-27-18(28)16-17(24-15(23-16)10-14-21-11-22-25-14)26(19(27)29)9-7-12-5-3-4-6-13(12)20/h3-6,11H,2,7-10,20H2,1H3,(H,23,24)(H,21,22,25). The number of hydrogen-bond donors (Lipinski definition) is 3. The lowest BCUT2D eigenvalue weighted by molar-refractivity contribution is 0.560. The van der Waals surface area contributed by atoms with E-state index in [1.54, 1.807) is 4.57 Å². The number of para-hydroxylation sites is 1. The molecule has 0 spiro atoms. The number of anilines is 1. The molecule has 0 aliphatic carbocycles. The second kappa shape index (κ2) is 7.74. The molecule has 0 fully saturated rings. The highest BCUT2D eigenvalue weighted by atomic mass is 16.2. The van der Waals surface area contributed by atoms with Crippen molar-refractivity contribution in [2.24, 2.45) is 0 Å². The van der Waals surface area contributed by atoms with Crippen LogP contribution in [0.3, 0.4) is 0 Å². The topological polar surface area (TPSA) is 140 Å². The van der Waals surface area contributed by atoms with Gasteiger partial charge in [0.15, 0.2) is 5.65 Å². The van der Waals surface area contributed by atoms with E-state index in [1.807, 2.05) is 31.2 Å². The minimum absolute atomic E-state index is 0.314. The molecule has 4 aromatic rings. The third kappa shape index (κ3) is 3.56. The van der Waals surface area contributed by atoms with Crippen molar-refractivity contribution in [3.63, 3.8) is 0 Å². The summed E-state index contributed by atoms with van der Waals surface area (Å²) in [5.41, 5.74) is 7.58. The summed E-state index contributed by atoms with van der Waals surface area (Å²) in [5.74, 6) is 1.15. The molecule has 0 amide bonds. The second-order valence-electron chi connectivity index (χ2n) is 6.83. The fourth-order valence-electron chi connectivity index (χ4n) is 3.39. The highest BCUT2D eigenvalue weighted by molar-refractivity contribution is 5.70. The van der Waals surface area contributed by atoms with Crippen molar-refractivity contribution in [3.05, 3.63) is 68.6 Å². The second-order valence-corrected chi connectivity index (χ2v) is 6.83. The van der Waals surface area contributed by atoms with Gasteiger partial charge in [0.25, 0.3) is 5.56 Å². The normalized spacial score (nSPS) is 11.3. The predicted octanol–water partition coefficient (Wildman–Crippen LogP) is 0.830. The molecule has 0 saturated heterocycles. The van der Waals surface area contributed by atoms with Crippen molar-refractivity contribution in [2.75, 3.05) is 5.73 Å². The Kier molecular flexibility index (Phi) is 4.98. The minimum Gasteiger partial charge on any atom is -0.399 e. The number of aromatic amines is 2. The summed E-state index contributed by atoms with van der Waals surface area (Å²) in [6.07, 6.45) is 2.98. The Bertz CT molecular complexity index is 1250. The van der Waals surface area contributed by atoms with Gasteiger partial charge in [0, 0.05) is 18.8 Å². The average Bonchev–Trinajstić information content (AvgIpc) is 3.37. The van der Waals surface area contributed by atoms with Crippen molar-refractivity contribution < 1.29 is 0 Å².